The van der Waals surface area contributed by atoms with Crippen molar-refractivity contribution in [2.45, 2.75) is 47.6 Å². The van der Waals surface area contributed by atoms with E-state index in [1.165, 1.54) is 0 Å². The number of carbonyl (C=O) groups is 2. The van der Waals surface area contributed by atoms with Crippen LogP contribution >= 0.6 is 0 Å². The van der Waals surface area contributed by atoms with Gasteiger partial charge in [-0.05, 0) is 59.2 Å². The highest BCUT2D eigenvalue weighted by Crippen LogP contribution is 2.30. The lowest BCUT2D eigenvalue weighted by Crippen LogP contribution is -2.16. The van der Waals surface area contributed by atoms with E-state index in [2.05, 4.69) is 10.3 Å². The summed E-state index contributed by atoms with van der Waals surface area (Å²) in [4.78, 5) is 28.2. The third-order valence-corrected chi connectivity index (χ3v) is 4.02. The fourth-order valence-corrected chi connectivity index (χ4v) is 2.89. The van der Waals surface area contributed by atoms with Crippen LogP contribution in [0.5, 0.6) is 11.5 Å². The van der Waals surface area contributed by atoms with Crippen molar-refractivity contribution in [2.75, 3.05) is 18.5 Å². The Hall–Kier alpha value is -2.96. The SMILES string of the molecule is CCOc1ccc(OCC)c(NC(=O)c2[nH]c(C)c(C(=O)OC(C)C)c2C)c1. The fourth-order valence-electron chi connectivity index (χ4n) is 2.89. The quantitative estimate of drug-likeness (QED) is 0.660. The number of amides is 1. The molecule has 0 atom stereocenters. The van der Waals surface area contributed by atoms with E-state index in [1.807, 2.05) is 13.8 Å². The average Bonchev–Trinajstić information content (AvgIpc) is 2.91. The van der Waals surface area contributed by atoms with Crippen molar-refractivity contribution in [3.8, 4) is 11.5 Å². The zero-order chi connectivity index (χ0) is 20.8. The third-order valence-electron chi connectivity index (χ3n) is 4.02. The number of carbonyl (C=O) groups excluding carboxylic acids is 2. The van der Waals surface area contributed by atoms with E-state index in [0.717, 1.165) is 0 Å². The number of nitrogens with one attached hydrogen (secondary N) is 2. The second-order valence-electron chi connectivity index (χ2n) is 6.56. The molecule has 2 aromatic rings. The number of ether oxygens (including phenoxy) is 3. The van der Waals surface area contributed by atoms with Crippen molar-refractivity contribution in [2.24, 2.45) is 0 Å². The number of esters is 1. The van der Waals surface area contributed by atoms with Crippen LogP contribution in [0.1, 0.15) is 59.8 Å². The number of H-pyrrole nitrogens is 1. The van der Waals surface area contributed by atoms with Gasteiger partial charge in [0, 0.05) is 11.8 Å². The smallest absolute Gasteiger partial charge is 0.340 e. The van der Waals surface area contributed by atoms with Gasteiger partial charge in [0.2, 0.25) is 0 Å². The van der Waals surface area contributed by atoms with Crippen molar-refractivity contribution < 1.29 is 23.8 Å². The van der Waals surface area contributed by atoms with Gasteiger partial charge >= 0.3 is 5.97 Å². The Morgan fingerprint density at radius 1 is 1.11 bits per heavy atom. The second kappa shape index (κ2) is 9.30. The van der Waals surface area contributed by atoms with Crippen molar-refractivity contribution >= 4 is 17.6 Å². The molecule has 2 rings (SSSR count). The third kappa shape index (κ3) is 4.85. The molecule has 0 aliphatic carbocycles. The number of hydrogen-bond acceptors (Lipinski definition) is 5. The Kier molecular flexibility index (Phi) is 7.09. The summed E-state index contributed by atoms with van der Waals surface area (Å²) in [5.74, 6) is 0.342. The molecule has 7 heteroatoms. The number of benzene rings is 1. The van der Waals surface area contributed by atoms with Crippen molar-refractivity contribution in [1.82, 2.24) is 4.98 Å². The molecule has 0 saturated heterocycles. The summed E-state index contributed by atoms with van der Waals surface area (Å²) in [5, 5.41) is 2.84. The predicted molar refractivity (Wildman–Crippen MR) is 108 cm³/mol. The lowest BCUT2D eigenvalue weighted by Gasteiger charge is -2.13. The van der Waals surface area contributed by atoms with Gasteiger partial charge in [-0.15, -0.1) is 0 Å². The molecule has 1 aromatic heterocycles. The first-order chi connectivity index (χ1) is 13.3. The lowest BCUT2D eigenvalue weighted by molar-refractivity contribution is 0.0376. The van der Waals surface area contributed by atoms with Crippen LogP contribution in [-0.2, 0) is 4.74 Å². The van der Waals surface area contributed by atoms with Crippen LogP contribution in [-0.4, -0.2) is 36.2 Å². The Bertz CT molecular complexity index is 855. The van der Waals surface area contributed by atoms with Gasteiger partial charge in [-0.1, -0.05) is 0 Å². The molecule has 0 aliphatic rings. The Morgan fingerprint density at radius 3 is 2.39 bits per heavy atom. The fraction of sp³-hybridized carbons (Fsp3) is 0.429. The molecule has 152 valence electrons. The van der Waals surface area contributed by atoms with E-state index in [1.54, 1.807) is 45.9 Å². The second-order valence-corrected chi connectivity index (χ2v) is 6.56. The molecule has 1 heterocycles. The van der Waals surface area contributed by atoms with Gasteiger partial charge in [-0.3, -0.25) is 4.79 Å². The zero-order valence-electron chi connectivity index (χ0n) is 17.3. The molecule has 0 saturated carbocycles. The molecule has 28 heavy (non-hydrogen) atoms. The standard InChI is InChI=1S/C21H28N2O5/c1-7-26-15-9-10-17(27-8-2)16(11-15)23-20(24)19-13(5)18(14(6)22-19)21(25)28-12(3)4/h9-12,22H,7-8H2,1-6H3,(H,23,24). The van der Waals surface area contributed by atoms with E-state index >= 15 is 0 Å². The Morgan fingerprint density at radius 2 is 1.79 bits per heavy atom. The Balaban J connectivity index is 2.33. The van der Waals surface area contributed by atoms with Crippen LogP contribution in [0, 0.1) is 13.8 Å². The molecule has 0 unspecified atom stereocenters. The largest absolute Gasteiger partial charge is 0.494 e. The first kappa shape index (κ1) is 21.3. The van der Waals surface area contributed by atoms with Crippen LogP contribution in [0.2, 0.25) is 0 Å². The van der Waals surface area contributed by atoms with E-state index in [4.69, 9.17) is 14.2 Å². The molecule has 0 spiro atoms. The molecule has 1 amide bonds. The Labute approximate surface area is 165 Å². The molecular formula is C21H28N2O5. The number of rotatable bonds is 8. The number of hydrogen-bond donors (Lipinski definition) is 2. The normalized spacial score (nSPS) is 10.7. The molecule has 0 bridgehead atoms. The van der Waals surface area contributed by atoms with Gasteiger partial charge in [0.25, 0.3) is 5.91 Å². The van der Waals surface area contributed by atoms with Gasteiger partial charge in [0.15, 0.2) is 0 Å². The summed E-state index contributed by atoms with van der Waals surface area (Å²) in [6, 6.07) is 5.25. The highest BCUT2D eigenvalue weighted by Gasteiger charge is 2.24. The number of aromatic nitrogens is 1. The topological polar surface area (TPSA) is 89.7 Å². The zero-order valence-corrected chi connectivity index (χ0v) is 17.3. The minimum absolute atomic E-state index is 0.242. The lowest BCUT2D eigenvalue weighted by atomic mass is 10.1. The minimum Gasteiger partial charge on any atom is -0.494 e. The maximum atomic E-state index is 12.9. The van der Waals surface area contributed by atoms with Gasteiger partial charge in [0.1, 0.15) is 17.2 Å². The highest BCUT2D eigenvalue weighted by atomic mass is 16.5. The molecule has 1 aromatic carbocycles. The number of anilines is 1. The molecule has 2 N–H and O–H groups in total. The van der Waals surface area contributed by atoms with Crippen molar-refractivity contribution in [3.63, 3.8) is 0 Å². The maximum absolute atomic E-state index is 12.9. The highest BCUT2D eigenvalue weighted by molar-refractivity contribution is 6.07. The number of aryl methyl sites for hydroxylation is 1. The predicted octanol–water partition coefficient (Wildman–Crippen LogP) is 4.25. The van der Waals surface area contributed by atoms with E-state index in [9.17, 15) is 9.59 Å². The molecular weight excluding hydrogens is 360 g/mol. The summed E-state index contributed by atoms with van der Waals surface area (Å²) in [7, 11) is 0. The average molecular weight is 388 g/mol. The molecule has 0 radical (unpaired) electrons. The van der Waals surface area contributed by atoms with E-state index in [0.29, 0.717) is 52.9 Å². The molecule has 0 fully saturated rings. The first-order valence-corrected chi connectivity index (χ1v) is 9.39. The summed E-state index contributed by atoms with van der Waals surface area (Å²) >= 11 is 0. The van der Waals surface area contributed by atoms with Gasteiger partial charge in [-0.25, -0.2) is 4.79 Å². The van der Waals surface area contributed by atoms with E-state index in [-0.39, 0.29) is 12.0 Å². The minimum atomic E-state index is -0.450. The summed E-state index contributed by atoms with van der Waals surface area (Å²) in [6.45, 7) is 11.7. The maximum Gasteiger partial charge on any atom is 0.340 e. The molecule has 0 aliphatic heterocycles. The van der Waals surface area contributed by atoms with Gasteiger partial charge < -0.3 is 24.5 Å². The van der Waals surface area contributed by atoms with Crippen LogP contribution in [0.3, 0.4) is 0 Å². The van der Waals surface area contributed by atoms with Crippen LogP contribution in [0.15, 0.2) is 18.2 Å². The van der Waals surface area contributed by atoms with Crippen molar-refractivity contribution in [1.29, 1.82) is 0 Å². The van der Waals surface area contributed by atoms with E-state index < -0.39 is 5.97 Å². The molecule has 7 nitrogen and oxygen atoms in total. The van der Waals surface area contributed by atoms with Gasteiger partial charge in [-0.2, -0.15) is 0 Å². The summed E-state index contributed by atoms with van der Waals surface area (Å²) in [6.07, 6.45) is -0.242. The van der Waals surface area contributed by atoms with Crippen LogP contribution in [0.25, 0.3) is 0 Å². The number of aromatic amines is 1. The van der Waals surface area contributed by atoms with Crippen LogP contribution in [0.4, 0.5) is 5.69 Å². The van der Waals surface area contributed by atoms with Crippen molar-refractivity contribution in [3.05, 3.63) is 40.7 Å². The first-order valence-electron chi connectivity index (χ1n) is 9.39. The van der Waals surface area contributed by atoms with Gasteiger partial charge in [0.05, 0.1) is 30.6 Å². The summed E-state index contributed by atoms with van der Waals surface area (Å²) < 4.78 is 16.4. The monoisotopic (exact) mass is 388 g/mol. The van der Waals surface area contributed by atoms with Crippen LogP contribution < -0.4 is 14.8 Å². The summed E-state index contributed by atoms with van der Waals surface area (Å²) in [5.41, 5.74) is 2.31.